The number of hydrogen-bond acceptors (Lipinski definition) is 1. The molecular weight excluding hydrogens is 244 g/mol. The van der Waals surface area contributed by atoms with Gasteiger partial charge in [0.1, 0.15) is 0 Å². The molecule has 0 aliphatic heterocycles. The van der Waals surface area contributed by atoms with Crippen LogP contribution >= 0.6 is 0 Å². The van der Waals surface area contributed by atoms with Crippen LogP contribution in [0.4, 0.5) is 0 Å². The Labute approximate surface area is 124 Å². The van der Waals surface area contributed by atoms with Crippen LogP contribution in [0.5, 0.6) is 0 Å². The summed E-state index contributed by atoms with van der Waals surface area (Å²) in [6, 6.07) is 10.6. The zero-order chi connectivity index (χ0) is 14.8. The van der Waals surface area contributed by atoms with Crippen molar-refractivity contribution in [3.63, 3.8) is 0 Å². The van der Waals surface area contributed by atoms with Crippen LogP contribution in [0.3, 0.4) is 0 Å². The van der Waals surface area contributed by atoms with Gasteiger partial charge in [-0.15, -0.1) is 0 Å². The SMILES string of the molecule is CCCC/C=C/[C@H](C(C)C)[C@H](CCO)c1ccccc1. The summed E-state index contributed by atoms with van der Waals surface area (Å²) >= 11 is 0. The summed E-state index contributed by atoms with van der Waals surface area (Å²) in [5.41, 5.74) is 1.35. The van der Waals surface area contributed by atoms with Gasteiger partial charge in [0.2, 0.25) is 0 Å². The average Bonchev–Trinajstić information content (AvgIpc) is 2.46. The van der Waals surface area contributed by atoms with Crippen molar-refractivity contribution < 1.29 is 5.11 Å². The van der Waals surface area contributed by atoms with Crippen molar-refractivity contribution >= 4 is 0 Å². The van der Waals surface area contributed by atoms with E-state index in [1.54, 1.807) is 0 Å². The Balaban J connectivity index is 2.86. The largest absolute Gasteiger partial charge is 0.396 e. The normalized spacial score (nSPS) is 14.8. The first-order chi connectivity index (χ1) is 9.70. The lowest BCUT2D eigenvalue weighted by Gasteiger charge is -2.28. The molecule has 1 heteroatoms. The first-order valence-corrected chi connectivity index (χ1v) is 8.03. The fourth-order valence-electron chi connectivity index (χ4n) is 2.82. The Kier molecular flexibility index (Phi) is 8.29. The first-order valence-electron chi connectivity index (χ1n) is 8.03. The van der Waals surface area contributed by atoms with E-state index < -0.39 is 0 Å². The first kappa shape index (κ1) is 17.0. The Hall–Kier alpha value is -1.08. The van der Waals surface area contributed by atoms with E-state index in [1.807, 2.05) is 0 Å². The minimum Gasteiger partial charge on any atom is -0.396 e. The molecule has 0 heterocycles. The van der Waals surface area contributed by atoms with E-state index in [1.165, 1.54) is 24.8 Å². The van der Waals surface area contributed by atoms with E-state index in [-0.39, 0.29) is 6.61 Å². The molecule has 0 aliphatic rings. The number of hydrogen-bond donors (Lipinski definition) is 1. The summed E-state index contributed by atoms with van der Waals surface area (Å²) in [4.78, 5) is 0. The molecule has 0 spiro atoms. The molecule has 1 aromatic rings. The number of unbranched alkanes of at least 4 members (excludes halogenated alkanes) is 2. The third-order valence-corrected chi connectivity index (χ3v) is 3.98. The predicted molar refractivity (Wildman–Crippen MR) is 87.9 cm³/mol. The van der Waals surface area contributed by atoms with E-state index >= 15 is 0 Å². The number of allylic oxidation sites excluding steroid dienone is 2. The summed E-state index contributed by atoms with van der Waals surface area (Å²) < 4.78 is 0. The molecule has 0 bridgehead atoms. The number of aliphatic hydroxyl groups excluding tert-OH is 1. The van der Waals surface area contributed by atoms with Crippen LogP contribution in [0.25, 0.3) is 0 Å². The predicted octanol–water partition coefficient (Wildman–Crippen LogP) is 5.17. The molecule has 2 atom stereocenters. The molecule has 0 amide bonds. The topological polar surface area (TPSA) is 20.2 Å². The molecule has 1 N–H and O–H groups in total. The smallest absolute Gasteiger partial charge is 0.0437 e. The highest BCUT2D eigenvalue weighted by Crippen LogP contribution is 2.34. The zero-order valence-electron chi connectivity index (χ0n) is 13.3. The van der Waals surface area contributed by atoms with Crippen LogP contribution < -0.4 is 0 Å². The van der Waals surface area contributed by atoms with Crippen LogP contribution in [0.15, 0.2) is 42.5 Å². The van der Waals surface area contributed by atoms with Gasteiger partial charge >= 0.3 is 0 Å². The van der Waals surface area contributed by atoms with Gasteiger partial charge in [0.05, 0.1) is 0 Å². The molecule has 0 aliphatic carbocycles. The minimum absolute atomic E-state index is 0.256. The van der Waals surface area contributed by atoms with Gasteiger partial charge in [0, 0.05) is 6.61 Å². The van der Waals surface area contributed by atoms with Crippen LogP contribution in [0.2, 0.25) is 0 Å². The van der Waals surface area contributed by atoms with Gasteiger partial charge in [-0.3, -0.25) is 0 Å². The number of aliphatic hydroxyl groups is 1. The van der Waals surface area contributed by atoms with Gasteiger partial charge in [0.15, 0.2) is 0 Å². The second-order valence-electron chi connectivity index (χ2n) is 5.92. The van der Waals surface area contributed by atoms with Gasteiger partial charge in [-0.25, -0.2) is 0 Å². The van der Waals surface area contributed by atoms with Crippen molar-refractivity contribution in [2.75, 3.05) is 6.61 Å². The van der Waals surface area contributed by atoms with Gasteiger partial charge < -0.3 is 5.11 Å². The lowest BCUT2D eigenvalue weighted by atomic mass is 9.77. The third kappa shape index (κ3) is 5.50. The van der Waals surface area contributed by atoms with Crippen LogP contribution in [0, 0.1) is 11.8 Å². The minimum atomic E-state index is 0.256. The molecule has 0 aromatic heterocycles. The van der Waals surface area contributed by atoms with Crippen molar-refractivity contribution in [3.8, 4) is 0 Å². The van der Waals surface area contributed by atoms with Crippen LogP contribution in [-0.2, 0) is 0 Å². The molecule has 112 valence electrons. The van der Waals surface area contributed by atoms with E-state index in [4.69, 9.17) is 0 Å². The number of benzene rings is 1. The fourth-order valence-corrected chi connectivity index (χ4v) is 2.82. The standard InChI is InChI=1S/C19H30O/c1-4-5-6-10-13-18(16(2)3)19(14-15-20)17-11-8-7-9-12-17/h7-13,16,18-20H,4-6,14-15H2,1-3H3/b13-10+/t18-,19-/m1/s1. The molecule has 0 unspecified atom stereocenters. The van der Waals surface area contributed by atoms with Crippen LogP contribution in [-0.4, -0.2) is 11.7 Å². The van der Waals surface area contributed by atoms with Crippen molar-refractivity contribution in [2.24, 2.45) is 11.8 Å². The third-order valence-electron chi connectivity index (χ3n) is 3.98. The highest BCUT2D eigenvalue weighted by atomic mass is 16.3. The Morgan fingerprint density at radius 3 is 2.40 bits per heavy atom. The Morgan fingerprint density at radius 2 is 1.85 bits per heavy atom. The molecule has 1 aromatic carbocycles. The van der Waals surface area contributed by atoms with E-state index in [2.05, 4.69) is 63.3 Å². The molecule has 0 fully saturated rings. The lowest BCUT2D eigenvalue weighted by molar-refractivity contribution is 0.250. The molecule has 1 nitrogen and oxygen atoms in total. The summed E-state index contributed by atoms with van der Waals surface area (Å²) in [6.45, 7) is 7.04. The van der Waals surface area contributed by atoms with Gasteiger partial charge in [-0.05, 0) is 36.2 Å². The van der Waals surface area contributed by atoms with Crippen LogP contribution in [0.1, 0.15) is 57.9 Å². The highest BCUT2D eigenvalue weighted by molar-refractivity contribution is 5.22. The molecule has 1 rings (SSSR count). The molecule has 0 saturated heterocycles. The summed E-state index contributed by atoms with van der Waals surface area (Å²) in [5.74, 6) is 1.50. The zero-order valence-corrected chi connectivity index (χ0v) is 13.3. The number of rotatable bonds is 9. The summed E-state index contributed by atoms with van der Waals surface area (Å²) in [7, 11) is 0. The van der Waals surface area contributed by atoms with Gasteiger partial charge in [-0.1, -0.05) is 76.1 Å². The maximum atomic E-state index is 9.41. The Bertz CT molecular complexity index is 367. The van der Waals surface area contributed by atoms with Crippen molar-refractivity contribution in [1.82, 2.24) is 0 Å². The lowest BCUT2D eigenvalue weighted by Crippen LogP contribution is -2.18. The van der Waals surface area contributed by atoms with Crippen molar-refractivity contribution in [3.05, 3.63) is 48.0 Å². The molecule has 0 saturated carbocycles. The summed E-state index contributed by atoms with van der Waals surface area (Å²) in [6.07, 6.45) is 9.23. The monoisotopic (exact) mass is 274 g/mol. The maximum Gasteiger partial charge on any atom is 0.0437 e. The van der Waals surface area contributed by atoms with Gasteiger partial charge in [0.25, 0.3) is 0 Å². The maximum absolute atomic E-state index is 9.41. The quantitative estimate of drug-likeness (QED) is 0.486. The second kappa shape index (κ2) is 9.77. The average molecular weight is 274 g/mol. The molecular formula is C19H30O. The highest BCUT2D eigenvalue weighted by Gasteiger charge is 2.23. The summed E-state index contributed by atoms with van der Waals surface area (Å²) in [5, 5.41) is 9.41. The second-order valence-corrected chi connectivity index (χ2v) is 5.92. The molecule has 20 heavy (non-hydrogen) atoms. The van der Waals surface area contributed by atoms with Crippen molar-refractivity contribution in [1.29, 1.82) is 0 Å². The van der Waals surface area contributed by atoms with Crippen molar-refractivity contribution in [2.45, 2.75) is 52.4 Å². The van der Waals surface area contributed by atoms with E-state index in [9.17, 15) is 5.11 Å². The van der Waals surface area contributed by atoms with E-state index in [0.717, 1.165) is 6.42 Å². The van der Waals surface area contributed by atoms with E-state index in [0.29, 0.717) is 17.8 Å². The fraction of sp³-hybridized carbons (Fsp3) is 0.579. The molecule has 0 radical (unpaired) electrons. The van der Waals surface area contributed by atoms with Gasteiger partial charge in [-0.2, -0.15) is 0 Å². The Morgan fingerprint density at radius 1 is 1.15 bits per heavy atom.